The second-order valence-electron chi connectivity index (χ2n) is 8.73. The van der Waals surface area contributed by atoms with Crippen LogP contribution in [0.15, 0.2) is 36.7 Å². The molecule has 2 aliphatic heterocycles. The number of benzene rings is 1. The zero-order valence-electron chi connectivity index (χ0n) is 18.8. The van der Waals surface area contributed by atoms with Crippen molar-refractivity contribution in [2.24, 2.45) is 0 Å². The van der Waals surface area contributed by atoms with Gasteiger partial charge in [-0.25, -0.2) is 9.48 Å². The predicted molar refractivity (Wildman–Crippen MR) is 122 cm³/mol. The number of ether oxygens (including phenoxy) is 1. The lowest BCUT2D eigenvalue weighted by molar-refractivity contribution is 0.0387. The van der Waals surface area contributed by atoms with Crippen LogP contribution in [0.3, 0.4) is 0 Å². The first-order chi connectivity index (χ1) is 16.1. The normalized spacial score (nSPS) is 18.6. The topological polar surface area (TPSA) is 93.5 Å². The molecule has 3 aromatic rings. The van der Waals surface area contributed by atoms with Crippen LogP contribution in [0.25, 0.3) is 16.5 Å². The molecule has 2 saturated heterocycles. The second kappa shape index (κ2) is 9.17. The number of pyridine rings is 1. The number of carbonyl (C=O) groups is 2. The van der Waals surface area contributed by atoms with Gasteiger partial charge in [0, 0.05) is 42.8 Å². The van der Waals surface area contributed by atoms with Crippen molar-refractivity contribution in [2.45, 2.75) is 45.1 Å². The van der Waals surface area contributed by atoms with Crippen molar-refractivity contribution < 1.29 is 14.3 Å². The smallest absolute Gasteiger partial charge is 0.409 e. The van der Waals surface area contributed by atoms with Crippen LogP contribution < -0.4 is 0 Å². The van der Waals surface area contributed by atoms with Crippen LogP contribution >= 0.6 is 0 Å². The SMILES string of the molecule is Cc1c(C(=O)N2CCCCC2COC(=O)N2CCCC2)nnn1-c1cccc2cnccc12. The van der Waals surface area contributed by atoms with E-state index in [4.69, 9.17) is 4.74 Å². The highest BCUT2D eigenvalue weighted by Gasteiger charge is 2.32. The molecule has 2 fully saturated rings. The van der Waals surface area contributed by atoms with Crippen LogP contribution in [0.2, 0.25) is 0 Å². The molecule has 5 rings (SSSR count). The summed E-state index contributed by atoms with van der Waals surface area (Å²) in [5.74, 6) is -0.164. The first kappa shape index (κ1) is 21.4. The molecule has 172 valence electrons. The maximum Gasteiger partial charge on any atom is 0.409 e. The van der Waals surface area contributed by atoms with Gasteiger partial charge in [-0.05, 0) is 51.2 Å². The number of rotatable bonds is 4. The monoisotopic (exact) mass is 448 g/mol. The molecule has 4 heterocycles. The summed E-state index contributed by atoms with van der Waals surface area (Å²) in [7, 11) is 0. The molecule has 0 N–H and O–H groups in total. The van der Waals surface area contributed by atoms with Gasteiger partial charge in [-0.2, -0.15) is 0 Å². The number of hydrogen-bond acceptors (Lipinski definition) is 6. The van der Waals surface area contributed by atoms with Crippen LogP contribution in [-0.4, -0.2) is 74.1 Å². The number of aromatic nitrogens is 4. The van der Waals surface area contributed by atoms with Gasteiger partial charge < -0.3 is 14.5 Å². The summed E-state index contributed by atoms with van der Waals surface area (Å²) in [5.41, 5.74) is 1.87. The lowest BCUT2D eigenvalue weighted by Gasteiger charge is -2.35. The second-order valence-corrected chi connectivity index (χ2v) is 8.73. The van der Waals surface area contributed by atoms with Crippen molar-refractivity contribution in [3.05, 3.63) is 48.0 Å². The number of fused-ring (bicyclic) bond motifs is 1. The van der Waals surface area contributed by atoms with E-state index in [1.54, 1.807) is 26.9 Å². The minimum atomic E-state index is -0.280. The lowest BCUT2D eigenvalue weighted by atomic mass is 10.0. The fourth-order valence-corrected chi connectivity index (χ4v) is 4.78. The molecular formula is C24H28N6O3. The Hall–Kier alpha value is -3.49. The first-order valence-electron chi connectivity index (χ1n) is 11.6. The van der Waals surface area contributed by atoms with Gasteiger partial charge in [0.05, 0.1) is 17.4 Å². The molecule has 33 heavy (non-hydrogen) atoms. The summed E-state index contributed by atoms with van der Waals surface area (Å²) >= 11 is 0. The van der Waals surface area contributed by atoms with Crippen LogP contribution in [0.4, 0.5) is 4.79 Å². The summed E-state index contributed by atoms with van der Waals surface area (Å²) in [4.78, 5) is 33.5. The highest BCUT2D eigenvalue weighted by molar-refractivity contribution is 5.94. The molecule has 2 aliphatic rings. The van der Waals surface area contributed by atoms with E-state index in [9.17, 15) is 9.59 Å². The number of likely N-dealkylation sites (tertiary alicyclic amines) is 2. The predicted octanol–water partition coefficient (Wildman–Crippen LogP) is 3.35. The van der Waals surface area contributed by atoms with Gasteiger partial charge in [-0.1, -0.05) is 17.3 Å². The van der Waals surface area contributed by atoms with Gasteiger partial charge in [-0.3, -0.25) is 9.78 Å². The van der Waals surface area contributed by atoms with E-state index in [1.165, 1.54) is 0 Å². The molecule has 2 amide bonds. The average molecular weight is 449 g/mol. The van der Waals surface area contributed by atoms with E-state index in [-0.39, 0.29) is 24.6 Å². The summed E-state index contributed by atoms with van der Waals surface area (Å²) in [6, 6.07) is 7.68. The van der Waals surface area contributed by atoms with Gasteiger partial charge in [-0.15, -0.1) is 5.10 Å². The Morgan fingerprint density at radius 3 is 2.76 bits per heavy atom. The highest BCUT2D eigenvalue weighted by atomic mass is 16.6. The molecule has 0 spiro atoms. The zero-order chi connectivity index (χ0) is 22.8. The maximum atomic E-state index is 13.5. The summed E-state index contributed by atoms with van der Waals surface area (Å²) in [6.45, 7) is 4.19. The molecule has 0 bridgehead atoms. The lowest BCUT2D eigenvalue weighted by Crippen LogP contribution is -2.47. The van der Waals surface area contributed by atoms with E-state index < -0.39 is 0 Å². The Labute approximate surface area is 192 Å². The summed E-state index contributed by atoms with van der Waals surface area (Å²) < 4.78 is 7.29. The summed E-state index contributed by atoms with van der Waals surface area (Å²) in [6.07, 6.45) is 8.04. The van der Waals surface area contributed by atoms with E-state index in [0.717, 1.165) is 61.7 Å². The Morgan fingerprint density at radius 1 is 1.09 bits per heavy atom. The number of piperidine rings is 1. The molecular weight excluding hydrogens is 420 g/mol. The van der Waals surface area contributed by atoms with E-state index in [1.807, 2.05) is 31.2 Å². The Bertz CT molecular complexity index is 1160. The molecule has 0 radical (unpaired) electrons. The van der Waals surface area contributed by atoms with Crippen LogP contribution in [-0.2, 0) is 4.74 Å². The quantitative estimate of drug-likeness (QED) is 0.608. The largest absolute Gasteiger partial charge is 0.447 e. The third kappa shape index (κ3) is 4.15. The van der Waals surface area contributed by atoms with Crippen molar-refractivity contribution >= 4 is 22.8 Å². The number of carbonyl (C=O) groups excluding carboxylic acids is 2. The Morgan fingerprint density at radius 2 is 1.91 bits per heavy atom. The first-order valence-corrected chi connectivity index (χ1v) is 11.6. The van der Waals surface area contributed by atoms with E-state index in [2.05, 4.69) is 15.3 Å². The number of amides is 2. The van der Waals surface area contributed by atoms with Gasteiger partial charge in [0.1, 0.15) is 6.61 Å². The van der Waals surface area contributed by atoms with Gasteiger partial charge in [0.2, 0.25) is 0 Å². The highest BCUT2D eigenvalue weighted by Crippen LogP contribution is 2.25. The number of nitrogens with zero attached hydrogens (tertiary/aromatic N) is 6. The van der Waals surface area contributed by atoms with Gasteiger partial charge in [0.25, 0.3) is 5.91 Å². The molecule has 0 aliphatic carbocycles. The molecule has 0 saturated carbocycles. The molecule has 9 nitrogen and oxygen atoms in total. The molecule has 2 aromatic heterocycles. The van der Waals surface area contributed by atoms with Crippen molar-refractivity contribution in [1.29, 1.82) is 0 Å². The van der Waals surface area contributed by atoms with Gasteiger partial charge in [0.15, 0.2) is 5.69 Å². The van der Waals surface area contributed by atoms with Crippen molar-refractivity contribution in [3.63, 3.8) is 0 Å². The third-order valence-electron chi connectivity index (χ3n) is 6.63. The zero-order valence-corrected chi connectivity index (χ0v) is 18.8. The third-order valence-corrected chi connectivity index (χ3v) is 6.63. The Balaban J connectivity index is 1.36. The maximum absolute atomic E-state index is 13.5. The van der Waals surface area contributed by atoms with Crippen molar-refractivity contribution in [3.8, 4) is 5.69 Å². The molecule has 1 unspecified atom stereocenters. The molecule has 1 atom stereocenters. The van der Waals surface area contributed by atoms with Crippen molar-refractivity contribution in [1.82, 2.24) is 29.8 Å². The summed E-state index contributed by atoms with van der Waals surface area (Å²) in [5, 5.41) is 10.6. The van der Waals surface area contributed by atoms with Crippen LogP contribution in [0, 0.1) is 6.92 Å². The van der Waals surface area contributed by atoms with Crippen molar-refractivity contribution in [2.75, 3.05) is 26.2 Å². The standard InChI is InChI=1S/C24H28N6O3/c1-17-22(26-27-30(17)21-9-6-7-18-15-25-11-10-20(18)21)23(31)29-14-3-2-8-19(29)16-33-24(32)28-12-4-5-13-28/h6-7,9-11,15,19H,2-5,8,12-14,16H2,1H3. The fourth-order valence-electron chi connectivity index (χ4n) is 4.78. The van der Waals surface area contributed by atoms with Crippen LogP contribution in [0.5, 0.6) is 0 Å². The minimum Gasteiger partial charge on any atom is -0.447 e. The van der Waals surface area contributed by atoms with Gasteiger partial charge >= 0.3 is 6.09 Å². The molecule has 9 heteroatoms. The number of hydrogen-bond donors (Lipinski definition) is 0. The fraction of sp³-hybridized carbons (Fsp3) is 0.458. The van der Waals surface area contributed by atoms with E-state index >= 15 is 0 Å². The van der Waals surface area contributed by atoms with Crippen LogP contribution in [0.1, 0.15) is 48.3 Å². The molecule has 1 aromatic carbocycles. The minimum absolute atomic E-state index is 0.147. The Kier molecular flexibility index (Phi) is 5.93. The average Bonchev–Trinajstić information content (AvgIpc) is 3.52. The van der Waals surface area contributed by atoms with E-state index in [0.29, 0.717) is 17.9 Å².